The van der Waals surface area contributed by atoms with E-state index in [0.717, 1.165) is 35.6 Å². The van der Waals surface area contributed by atoms with Crippen LogP contribution in [0.1, 0.15) is 16.7 Å². The Morgan fingerprint density at radius 1 is 0.977 bits per heavy atom. The second-order valence-electron chi connectivity index (χ2n) is 9.29. The van der Waals surface area contributed by atoms with Crippen molar-refractivity contribution in [2.45, 2.75) is 26.4 Å². The van der Waals surface area contributed by atoms with Gasteiger partial charge >= 0.3 is 12.4 Å². The lowest BCUT2D eigenvalue weighted by Gasteiger charge is -2.33. The maximum absolute atomic E-state index is 14.2. The molecule has 2 aromatic carbocycles. The van der Waals surface area contributed by atoms with E-state index in [0.29, 0.717) is 31.4 Å². The van der Waals surface area contributed by atoms with Gasteiger partial charge in [-0.25, -0.2) is 8.42 Å². The number of nitrogens with zero attached hydrogens (tertiary/aromatic N) is 2. The van der Waals surface area contributed by atoms with Gasteiger partial charge in [0.05, 0.1) is 17.7 Å². The number of anilines is 1. The number of hydrogen-bond donors (Lipinski definition) is 2. The molecule has 1 aliphatic rings. The number of piperazine rings is 1. The van der Waals surface area contributed by atoms with Crippen LogP contribution in [0.2, 0.25) is 0 Å². The van der Waals surface area contributed by atoms with Crippen LogP contribution in [0.25, 0.3) is 6.08 Å². The molecule has 43 heavy (non-hydrogen) atoms. The van der Waals surface area contributed by atoms with Gasteiger partial charge in [0.1, 0.15) is 4.21 Å². The van der Waals surface area contributed by atoms with Crippen LogP contribution < -0.4 is 4.72 Å². The monoisotopic (exact) mass is 665 g/mol. The number of hydrogen-bond acceptors (Lipinski definition) is 7. The average molecular weight is 666 g/mol. The Bertz CT molecular complexity index is 1570. The van der Waals surface area contributed by atoms with Crippen LogP contribution in [-0.2, 0) is 27.2 Å². The van der Waals surface area contributed by atoms with Crippen molar-refractivity contribution in [3.8, 4) is 0 Å². The molecule has 2 N–H and O–H groups in total. The van der Waals surface area contributed by atoms with Crippen molar-refractivity contribution in [1.82, 2.24) is 9.80 Å². The molecule has 0 radical (unpaired) electrons. The highest BCUT2D eigenvalue weighted by Crippen LogP contribution is 2.48. The van der Waals surface area contributed by atoms with Gasteiger partial charge in [0, 0.05) is 54.3 Å². The zero-order chi connectivity index (χ0) is 31.4. The van der Waals surface area contributed by atoms with Gasteiger partial charge in [0.15, 0.2) is 0 Å². The molecule has 1 aromatic heterocycles. The molecule has 0 aliphatic carbocycles. The first-order valence-corrected chi connectivity index (χ1v) is 15.8. The Labute approximate surface area is 251 Å². The summed E-state index contributed by atoms with van der Waals surface area (Å²) in [5, 5.41) is 10.6. The summed E-state index contributed by atoms with van der Waals surface area (Å²) in [5.41, 5.74) is -4.66. The van der Waals surface area contributed by atoms with Crippen molar-refractivity contribution in [2.24, 2.45) is 0 Å². The number of carbonyl (C=O) groups excluding carboxylic acids is 1. The lowest BCUT2D eigenvalue weighted by molar-refractivity contribution is -0.163. The molecule has 1 amide bonds. The Morgan fingerprint density at radius 3 is 2.28 bits per heavy atom. The first-order chi connectivity index (χ1) is 20.2. The standard InChI is InChI=1S/C27H25F6N3O4S3/c28-26(29,30)24-18(7-9-22(38)36-12-10-35(11-13-36)14-15-37)6-8-21(25(24)27(31,32)33)42-20-4-1-3-19(17-20)34-43(39,40)23-5-2-16-41-23/h1-9,16-17,34,37H,10-15H2/b9-7+. The summed E-state index contributed by atoms with van der Waals surface area (Å²) in [6.07, 6.45) is -9.28. The summed E-state index contributed by atoms with van der Waals surface area (Å²) < 4.78 is 113. The quantitative estimate of drug-likeness (QED) is 0.219. The van der Waals surface area contributed by atoms with E-state index in [1.165, 1.54) is 41.3 Å². The third kappa shape index (κ3) is 8.32. The summed E-state index contributed by atoms with van der Waals surface area (Å²) in [5.74, 6) is -0.648. The molecular weight excluding hydrogens is 641 g/mol. The van der Waals surface area contributed by atoms with Gasteiger partial charge in [-0.05, 0) is 47.4 Å². The summed E-state index contributed by atoms with van der Waals surface area (Å²) in [6, 6.07) is 9.93. The van der Waals surface area contributed by atoms with Crippen molar-refractivity contribution < 1.29 is 44.7 Å². The van der Waals surface area contributed by atoms with Crippen LogP contribution >= 0.6 is 23.1 Å². The molecule has 0 atom stereocenters. The first kappa shape index (κ1) is 32.9. The van der Waals surface area contributed by atoms with Crippen molar-refractivity contribution in [3.05, 3.63) is 76.7 Å². The summed E-state index contributed by atoms with van der Waals surface area (Å²) in [6.45, 7) is 1.72. The van der Waals surface area contributed by atoms with E-state index in [2.05, 4.69) is 4.72 Å². The fraction of sp³-hybridized carbons (Fsp3) is 0.296. The van der Waals surface area contributed by atoms with E-state index in [1.54, 1.807) is 5.38 Å². The molecule has 232 valence electrons. The number of sulfonamides is 1. The SMILES string of the molecule is O=C(/C=C/c1ccc(Sc2cccc(NS(=O)(=O)c3cccs3)c2)c(C(F)(F)F)c1C(F)(F)F)N1CCN(CCO)CC1. The van der Waals surface area contributed by atoms with Crippen molar-refractivity contribution in [2.75, 3.05) is 44.1 Å². The molecule has 0 bridgehead atoms. The zero-order valence-electron chi connectivity index (χ0n) is 22.2. The van der Waals surface area contributed by atoms with Crippen LogP contribution in [-0.4, -0.2) is 68.6 Å². The highest BCUT2D eigenvalue weighted by molar-refractivity contribution is 7.99. The van der Waals surface area contributed by atoms with Crippen molar-refractivity contribution >= 4 is 50.8 Å². The fourth-order valence-electron chi connectivity index (χ4n) is 4.38. The number of benzene rings is 2. The van der Waals surface area contributed by atoms with Gasteiger partial charge in [-0.1, -0.05) is 30.0 Å². The van der Waals surface area contributed by atoms with E-state index in [4.69, 9.17) is 5.11 Å². The second-order valence-corrected chi connectivity index (χ2v) is 13.3. The lowest BCUT2D eigenvalue weighted by Crippen LogP contribution is -2.48. The number of halogens is 6. The lowest BCUT2D eigenvalue weighted by atomic mass is 9.99. The summed E-state index contributed by atoms with van der Waals surface area (Å²) in [4.78, 5) is 15.2. The van der Waals surface area contributed by atoms with Crippen LogP contribution in [0.15, 0.2) is 74.0 Å². The Balaban J connectivity index is 1.64. The topological polar surface area (TPSA) is 90.0 Å². The molecule has 0 saturated carbocycles. The third-order valence-corrected chi connectivity index (χ3v) is 10.2. The first-order valence-electron chi connectivity index (χ1n) is 12.6. The molecule has 7 nitrogen and oxygen atoms in total. The minimum atomic E-state index is -5.42. The number of aliphatic hydroxyl groups is 1. The Kier molecular flexibility index (Phi) is 10.2. The number of carbonyl (C=O) groups is 1. The number of thiophene rings is 1. The van der Waals surface area contributed by atoms with E-state index in [-0.39, 0.29) is 34.5 Å². The van der Waals surface area contributed by atoms with E-state index in [1.807, 2.05) is 4.90 Å². The number of aliphatic hydroxyl groups excluding tert-OH is 1. The second kappa shape index (κ2) is 13.3. The van der Waals surface area contributed by atoms with Crippen LogP contribution in [0, 0.1) is 0 Å². The molecule has 2 heterocycles. The van der Waals surface area contributed by atoms with Crippen LogP contribution in [0.4, 0.5) is 32.0 Å². The van der Waals surface area contributed by atoms with Gasteiger partial charge in [-0.3, -0.25) is 14.4 Å². The Morgan fingerprint density at radius 2 is 1.67 bits per heavy atom. The number of nitrogens with one attached hydrogen (secondary N) is 1. The number of amides is 1. The number of rotatable bonds is 9. The van der Waals surface area contributed by atoms with Gasteiger partial charge in [-0.15, -0.1) is 11.3 Å². The minimum Gasteiger partial charge on any atom is -0.395 e. The van der Waals surface area contributed by atoms with Crippen molar-refractivity contribution in [1.29, 1.82) is 0 Å². The highest BCUT2D eigenvalue weighted by Gasteiger charge is 2.46. The average Bonchev–Trinajstić information content (AvgIpc) is 3.48. The van der Waals surface area contributed by atoms with Crippen LogP contribution in [0.3, 0.4) is 0 Å². The Hall–Kier alpha value is -3.05. The predicted molar refractivity (Wildman–Crippen MR) is 151 cm³/mol. The molecule has 1 fully saturated rings. The van der Waals surface area contributed by atoms with Crippen molar-refractivity contribution in [3.63, 3.8) is 0 Å². The molecule has 16 heteroatoms. The summed E-state index contributed by atoms with van der Waals surface area (Å²) in [7, 11) is -3.97. The molecule has 1 saturated heterocycles. The summed E-state index contributed by atoms with van der Waals surface area (Å²) >= 11 is 1.35. The molecule has 0 spiro atoms. The highest BCUT2D eigenvalue weighted by atomic mass is 32.2. The van der Waals surface area contributed by atoms with E-state index >= 15 is 0 Å². The maximum atomic E-state index is 14.2. The maximum Gasteiger partial charge on any atom is 0.418 e. The van der Waals surface area contributed by atoms with E-state index in [9.17, 15) is 39.6 Å². The largest absolute Gasteiger partial charge is 0.418 e. The van der Waals surface area contributed by atoms with Gasteiger partial charge in [0.2, 0.25) is 5.91 Å². The number of alkyl halides is 6. The molecule has 0 unspecified atom stereocenters. The van der Waals surface area contributed by atoms with Gasteiger partial charge in [0.25, 0.3) is 10.0 Å². The van der Waals surface area contributed by atoms with E-state index < -0.39 is 49.9 Å². The van der Waals surface area contributed by atoms with Crippen LogP contribution in [0.5, 0.6) is 0 Å². The molecule has 3 aromatic rings. The predicted octanol–water partition coefficient (Wildman–Crippen LogP) is 5.89. The smallest absolute Gasteiger partial charge is 0.395 e. The zero-order valence-corrected chi connectivity index (χ0v) is 24.6. The fourth-order valence-corrected chi connectivity index (χ4v) is 7.47. The van der Waals surface area contributed by atoms with Gasteiger partial charge < -0.3 is 10.0 Å². The molecule has 1 aliphatic heterocycles. The molecule has 4 rings (SSSR count). The third-order valence-electron chi connectivity index (χ3n) is 6.35. The number of β-amino-alcohol motifs (C(OH)–C–C–N with tert-alkyl or cyclic N) is 1. The molecular formula is C27H25F6N3O4S3. The van der Waals surface area contributed by atoms with Gasteiger partial charge in [-0.2, -0.15) is 26.3 Å². The minimum absolute atomic E-state index is 0.00538. The normalized spacial score (nSPS) is 15.3.